The molecule has 3 aromatic carbocycles. The van der Waals surface area contributed by atoms with Gasteiger partial charge in [0.25, 0.3) is 0 Å². The number of fused-ring (bicyclic) bond motifs is 2. The van der Waals surface area contributed by atoms with Gasteiger partial charge in [0, 0.05) is 22.0 Å². The molecule has 0 spiro atoms. The van der Waals surface area contributed by atoms with E-state index in [1.165, 1.54) is 23.8 Å². The van der Waals surface area contributed by atoms with Crippen LogP contribution in [0.1, 0.15) is 39.2 Å². The standard InChI is InChI=1S/C33H29N3O7S2/c1-4-43-32(40)19-12-14-21(15-13-19)36-29(38)26-25(22-10-5-6-11-23(22)42-3)28-31(44-27(26)30(36)39)35(33(41)45-28)17-24(37)34-20-9-7-8-18(2)16-20/h5-16,25-27H,4,17H2,1-3H3,(H,34,37)/t25-,26-,27+/m0/s1. The van der Waals surface area contributed by atoms with Crippen molar-refractivity contribution in [2.24, 2.45) is 5.92 Å². The molecule has 1 fully saturated rings. The number of ether oxygens (including phenoxy) is 2. The lowest BCUT2D eigenvalue weighted by Gasteiger charge is -2.31. The third-order valence-electron chi connectivity index (χ3n) is 7.76. The summed E-state index contributed by atoms with van der Waals surface area (Å²) < 4.78 is 12.1. The van der Waals surface area contributed by atoms with Crippen molar-refractivity contribution >= 4 is 58.2 Å². The summed E-state index contributed by atoms with van der Waals surface area (Å²) in [6.45, 7) is 3.58. The van der Waals surface area contributed by atoms with Crippen molar-refractivity contribution in [2.45, 2.75) is 36.6 Å². The Hall–Kier alpha value is -4.68. The fraction of sp³-hybridized carbons (Fsp3) is 0.242. The summed E-state index contributed by atoms with van der Waals surface area (Å²) in [7, 11) is 1.52. The number of para-hydroxylation sites is 1. The number of hydrogen-bond acceptors (Lipinski definition) is 9. The number of methoxy groups -OCH3 is 1. The number of hydrogen-bond donors (Lipinski definition) is 1. The second-order valence-electron chi connectivity index (χ2n) is 10.6. The molecule has 6 rings (SSSR count). The average Bonchev–Trinajstić information content (AvgIpc) is 3.47. The van der Waals surface area contributed by atoms with Crippen LogP contribution in [0.15, 0.2) is 82.6 Å². The normalized spacial score (nSPS) is 18.7. The second-order valence-corrected chi connectivity index (χ2v) is 12.7. The summed E-state index contributed by atoms with van der Waals surface area (Å²) in [6.07, 6.45) is 0. The van der Waals surface area contributed by atoms with Crippen molar-refractivity contribution in [3.8, 4) is 5.75 Å². The smallest absolute Gasteiger partial charge is 0.338 e. The maximum atomic E-state index is 14.2. The Bertz CT molecular complexity index is 1880. The molecular formula is C33H29N3O7S2. The van der Waals surface area contributed by atoms with Gasteiger partial charge in [-0.2, -0.15) is 0 Å². The number of imide groups is 1. The van der Waals surface area contributed by atoms with E-state index in [9.17, 15) is 24.0 Å². The molecule has 4 aromatic rings. The van der Waals surface area contributed by atoms with Gasteiger partial charge < -0.3 is 14.8 Å². The van der Waals surface area contributed by atoms with Gasteiger partial charge >= 0.3 is 10.8 Å². The third kappa shape index (κ3) is 5.55. The first kappa shape index (κ1) is 30.4. The van der Waals surface area contributed by atoms with Crippen molar-refractivity contribution in [3.05, 3.63) is 104 Å². The first-order valence-electron chi connectivity index (χ1n) is 14.3. The molecule has 3 atom stereocenters. The maximum absolute atomic E-state index is 14.2. The Morgan fingerprint density at radius 2 is 1.71 bits per heavy atom. The van der Waals surface area contributed by atoms with Gasteiger partial charge in [0.15, 0.2) is 0 Å². The molecule has 0 saturated carbocycles. The lowest BCUT2D eigenvalue weighted by Crippen LogP contribution is -2.33. The quantitative estimate of drug-likeness (QED) is 0.214. The zero-order chi connectivity index (χ0) is 31.8. The van der Waals surface area contributed by atoms with Crippen LogP contribution in [0.4, 0.5) is 11.4 Å². The monoisotopic (exact) mass is 643 g/mol. The highest BCUT2D eigenvalue weighted by Crippen LogP contribution is 2.55. The minimum absolute atomic E-state index is 0.220. The lowest BCUT2D eigenvalue weighted by molar-refractivity contribution is -0.122. The summed E-state index contributed by atoms with van der Waals surface area (Å²) in [5.41, 5.74) is 2.87. The zero-order valence-electron chi connectivity index (χ0n) is 24.6. The first-order chi connectivity index (χ1) is 21.7. The van der Waals surface area contributed by atoms with Crippen LogP contribution in [-0.4, -0.2) is 47.2 Å². The number of aromatic nitrogens is 1. The minimum atomic E-state index is -0.871. The van der Waals surface area contributed by atoms with Crippen LogP contribution < -0.4 is 19.8 Å². The average molecular weight is 644 g/mol. The van der Waals surface area contributed by atoms with Gasteiger partial charge in [-0.3, -0.25) is 23.7 Å². The highest BCUT2D eigenvalue weighted by Gasteiger charge is 2.57. The van der Waals surface area contributed by atoms with E-state index in [1.54, 1.807) is 37.3 Å². The van der Waals surface area contributed by atoms with Crippen molar-refractivity contribution in [2.75, 3.05) is 23.9 Å². The van der Waals surface area contributed by atoms with Crippen molar-refractivity contribution in [1.82, 2.24) is 4.57 Å². The molecule has 1 aromatic heterocycles. The van der Waals surface area contributed by atoms with E-state index in [4.69, 9.17) is 9.47 Å². The minimum Gasteiger partial charge on any atom is -0.496 e. The largest absolute Gasteiger partial charge is 0.496 e. The number of nitrogens with zero attached hydrogens (tertiary/aromatic N) is 2. The summed E-state index contributed by atoms with van der Waals surface area (Å²) in [5.74, 6) is -2.77. The van der Waals surface area contributed by atoms with Gasteiger partial charge in [0.1, 0.15) is 17.5 Å². The number of aryl methyl sites for hydroxylation is 1. The van der Waals surface area contributed by atoms with Crippen molar-refractivity contribution < 1.29 is 28.7 Å². The second kappa shape index (κ2) is 12.4. The molecule has 2 aliphatic rings. The number of benzene rings is 3. The van der Waals surface area contributed by atoms with Crippen LogP contribution >= 0.6 is 23.1 Å². The molecule has 0 radical (unpaired) electrons. The van der Waals surface area contributed by atoms with Crippen LogP contribution in [0.25, 0.3) is 0 Å². The van der Waals surface area contributed by atoms with Gasteiger partial charge in [-0.25, -0.2) is 9.69 Å². The van der Waals surface area contributed by atoms with E-state index in [0.29, 0.717) is 38.2 Å². The molecule has 0 bridgehead atoms. The van der Waals surface area contributed by atoms with Crippen LogP contribution in [0.5, 0.6) is 5.75 Å². The molecule has 230 valence electrons. The van der Waals surface area contributed by atoms with Crippen molar-refractivity contribution in [3.63, 3.8) is 0 Å². The van der Waals surface area contributed by atoms with Gasteiger partial charge in [0.2, 0.25) is 17.7 Å². The van der Waals surface area contributed by atoms with E-state index in [2.05, 4.69) is 5.32 Å². The van der Waals surface area contributed by atoms with E-state index >= 15 is 0 Å². The molecule has 45 heavy (non-hydrogen) atoms. The summed E-state index contributed by atoms with van der Waals surface area (Å²) >= 11 is 2.10. The van der Waals surface area contributed by atoms with E-state index in [-0.39, 0.29) is 18.0 Å². The number of thiazole rings is 1. The van der Waals surface area contributed by atoms with Gasteiger partial charge in [0.05, 0.1) is 35.9 Å². The first-order valence-corrected chi connectivity index (χ1v) is 16.0. The van der Waals surface area contributed by atoms with Crippen LogP contribution in [0, 0.1) is 12.8 Å². The highest BCUT2D eigenvalue weighted by atomic mass is 32.2. The highest BCUT2D eigenvalue weighted by molar-refractivity contribution is 8.00. The Morgan fingerprint density at radius 3 is 2.42 bits per heavy atom. The van der Waals surface area contributed by atoms with Gasteiger partial charge in [-0.05, 0) is 61.9 Å². The van der Waals surface area contributed by atoms with Crippen LogP contribution in [-0.2, 0) is 25.7 Å². The molecule has 0 unspecified atom stereocenters. The topological polar surface area (TPSA) is 124 Å². The molecule has 1 N–H and O–H groups in total. The number of nitrogens with one attached hydrogen (secondary N) is 1. The fourth-order valence-electron chi connectivity index (χ4n) is 5.80. The van der Waals surface area contributed by atoms with Gasteiger partial charge in [-0.15, -0.1) is 0 Å². The molecule has 3 amide bonds. The predicted octanol–water partition coefficient (Wildman–Crippen LogP) is 4.84. The molecule has 0 aliphatic carbocycles. The lowest BCUT2D eigenvalue weighted by atomic mass is 9.82. The third-order valence-corrected chi connectivity index (χ3v) is 10.4. The maximum Gasteiger partial charge on any atom is 0.338 e. The van der Waals surface area contributed by atoms with Crippen LogP contribution in [0.2, 0.25) is 0 Å². The summed E-state index contributed by atoms with van der Waals surface area (Å²) in [5, 5.41) is 2.45. The summed E-state index contributed by atoms with van der Waals surface area (Å²) in [4.78, 5) is 68.3. The molecule has 2 aliphatic heterocycles. The van der Waals surface area contributed by atoms with E-state index in [0.717, 1.165) is 33.6 Å². The van der Waals surface area contributed by atoms with Gasteiger partial charge in [-0.1, -0.05) is 53.4 Å². The van der Waals surface area contributed by atoms with Crippen LogP contribution in [0.3, 0.4) is 0 Å². The number of thioether (sulfide) groups is 1. The van der Waals surface area contributed by atoms with E-state index in [1.807, 2.05) is 37.3 Å². The van der Waals surface area contributed by atoms with E-state index < -0.39 is 40.8 Å². The number of esters is 1. The Labute approximate surface area is 267 Å². The number of carbonyl (C=O) groups is 4. The SMILES string of the molecule is CCOC(=O)c1ccc(N2C(=O)[C@H]3[C@H](c4ccccc4OC)c4sc(=O)n(CC(=O)Nc5cccc(C)c5)c4S[C@H]3C2=O)cc1. The number of anilines is 2. The Kier molecular flexibility index (Phi) is 8.34. The molecule has 1 saturated heterocycles. The summed E-state index contributed by atoms with van der Waals surface area (Å²) in [6, 6.07) is 20.7. The number of carbonyl (C=O) groups excluding carboxylic acids is 4. The fourth-order valence-corrected chi connectivity index (χ4v) is 8.56. The molecular weight excluding hydrogens is 615 g/mol. The molecule has 3 heterocycles. The zero-order valence-corrected chi connectivity index (χ0v) is 26.3. The Morgan fingerprint density at radius 1 is 0.956 bits per heavy atom. The predicted molar refractivity (Wildman–Crippen MR) is 171 cm³/mol. The molecule has 10 nitrogen and oxygen atoms in total. The Balaban J connectivity index is 1.40. The number of rotatable bonds is 8. The number of amides is 3. The van der Waals surface area contributed by atoms with Crippen molar-refractivity contribution in [1.29, 1.82) is 0 Å². The molecule has 12 heteroatoms.